The molecule has 0 aliphatic heterocycles. The molecule has 2 aromatic carbocycles. The van der Waals surface area contributed by atoms with Gasteiger partial charge in [0.05, 0.1) is 17.2 Å². The molecule has 0 saturated heterocycles. The van der Waals surface area contributed by atoms with Crippen LogP contribution in [0, 0.1) is 11.3 Å². The summed E-state index contributed by atoms with van der Waals surface area (Å²) in [5.41, 5.74) is 0.722. The van der Waals surface area contributed by atoms with Crippen molar-refractivity contribution < 1.29 is 27.0 Å². The molecule has 0 fully saturated rings. The molecule has 0 amide bonds. The van der Waals surface area contributed by atoms with Crippen LogP contribution in [0.25, 0.3) is 10.8 Å². The molecule has 16 heavy (non-hydrogen) atoms. The van der Waals surface area contributed by atoms with Gasteiger partial charge in [-0.3, -0.25) is 0 Å². The first-order chi connectivity index (χ1) is 7.24. The molecular formula is C12H7CuNO2. The molecule has 1 radical (unpaired) electrons. The zero-order valence-corrected chi connectivity index (χ0v) is 9.01. The number of aromatic carboxylic acids is 1. The van der Waals surface area contributed by atoms with Crippen LogP contribution in [0.2, 0.25) is 0 Å². The van der Waals surface area contributed by atoms with E-state index >= 15 is 0 Å². The summed E-state index contributed by atoms with van der Waals surface area (Å²) < 4.78 is 0. The SMILES string of the molecule is N#Cc1ccc(C(=O)O)c2ccccc12.[Cu]. The van der Waals surface area contributed by atoms with Gasteiger partial charge in [-0.25, -0.2) is 4.79 Å². The Morgan fingerprint density at radius 2 is 1.75 bits per heavy atom. The first kappa shape index (κ1) is 12.3. The molecule has 1 N–H and O–H groups in total. The van der Waals surface area contributed by atoms with Crippen LogP contribution < -0.4 is 0 Å². The van der Waals surface area contributed by atoms with Crippen LogP contribution in [0.15, 0.2) is 36.4 Å². The quantitative estimate of drug-likeness (QED) is 0.801. The molecule has 0 spiro atoms. The minimum atomic E-state index is -0.976. The number of carbonyl (C=O) groups is 1. The second-order valence-corrected chi connectivity index (χ2v) is 3.12. The van der Waals surface area contributed by atoms with E-state index in [1.807, 2.05) is 6.07 Å². The van der Waals surface area contributed by atoms with E-state index in [9.17, 15) is 4.79 Å². The van der Waals surface area contributed by atoms with E-state index in [2.05, 4.69) is 0 Å². The molecule has 83 valence electrons. The summed E-state index contributed by atoms with van der Waals surface area (Å²) in [7, 11) is 0. The van der Waals surface area contributed by atoms with Crippen LogP contribution in [-0.2, 0) is 17.1 Å². The molecule has 3 nitrogen and oxygen atoms in total. The van der Waals surface area contributed by atoms with E-state index in [-0.39, 0.29) is 22.6 Å². The van der Waals surface area contributed by atoms with Crippen molar-refractivity contribution in [1.29, 1.82) is 5.26 Å². The molecule has 4 heteroatoms. The first-order valence-electron chi connectivity index (χ1n) is 4.39. The topological polar surface area (TPSA) is 61.1 Å². The van der Waals surface area contributed by atoms with Crippen molar-refractivity contribution in [3.63, 3.8) is 0 Å². The maximum absolute atomic E-state index is 10.9. The van der Waals surface area contributed by atoms with Gasteiger partial charge >= 0.3 is 5.97 Å². The van der Waals surface area contributed by atoms with Crippen LogP contribution in [0.3, 0.4) is 0 Å². The van der Waals surface area contributed by atoms with Crippen molar-refractivity contribution in [3.8, 4) is 6.07 Å². The van der Waals surface area contributed by atoms with Crippen molar-refractivity contribution in [3.05, 3.63) is 47.5 Å². The molecule has 0 bridgehead atoms. The van der Waals surface area contributed by atoms with Crippen molar-refractivity contribution in [1.82, 2.24) is 0 Å². The minimum Gasteiger partial charge on any atom is -0.478 e. The summed E-state index contributed by atoms with van der Waals surface area (Å²) in [5, 5.41) is 19.1. The van der Waals surface area contributed by atoms with E-state index in [4.69, 9.17) is 10.4 Å². The van der Waals surface area contributed by atoms with Gasteiger partial charge in [-0.15, -0.1) is 0 Å². The third kappa shape index (κ3) is 1.92. The predicted octanol–water partition coefficient (Wildman–Crippen LogP) is 2.41. The number of rotatable bonds is 1. The number of carboxylic acid groups (broad SMARTS) is 1. The van der Waals surface area contributed by atoms with Crippen LogP contribution >= 0.6 is 0 Å². The maximum atomic E-state index is 10.9. The van der Waals surface area contributed by atoms with Crippen LogP contribution in [-0.4, -0.2) is 11.1 Å². The number of fused-ring (bicyclic) bond motifs is 1. The summed E-state index contributed by atoms with van der Waals surface area (Å²) in [6.07, 6.45) is 0. The molecular weight excluding hydrogens is 254 g/mol. The van der Waals surface area contributed by atoms with Gasteiger partial charge in [-0.1, -0.05) is 24.3 Å². The number of nitrogens with zero attached hydrogens (tertiary/aromatic N) is 1. The zero-order valence-electron chi connectivity index (χ0n) is 8.07. The smallest absolute Gasteiger partial charge is 0.336 e. The molecule has 0 unspecified atom stereocenters. The van der Waals surface area contributed by atoms with Crippen LogP contribution in [0.1, 0.15) is 15.9 Å². The largest absolute Gasteiger partial charge is 0.478 e. The van der Waals surface area contributed by atoms with E-state index in [1.54, 1.807) is 24.3 Å². The first-order valence-corrected chi connectivity index (χ1v) is 4.39. The van der Waals surface area contributed by atoms with Crippen LogP contribution in [0.4, 0.5) is 0 Å². The molecule has 0 atom stereocenters. The van der Waals surface area contributed by atoms with Gasteiger partial charge in [-0.05, 0) is 17.5 Å². The number of carboxylic acids is 1. The number of hydrogen-bond acceptors (Lipinski definition) is 2. The van der Waals surface area contributed by atoms with Gasteiger partial charge in [0.25, 0.3) is 0 Å². The van der Waals surface area contributed by atoms with E-state index < -0.39 is 5.97 Å². The maximum Gasteiger partial charge on any atom is 0.336 e. The molecule has 0 aliphatic rings. The molecule has 2 aromatic rings. The summed E-state index contributed by atoms with van der Waals surface area (Å²) >= 11 is 0. The van der Waals surface area contributed by atoms with Crippen molar-refractivity contribution >= 4 is 16.7 Å². The Labute approximate surface area is 103 Å². The van der Waals surface area contributed by atoms with Gasteiger partial charge < -0.3 is 5.11 Å². The van der Waals surface area contributed by atoms with E-state index in [0.717, 1.165) is 0 Å². The standard InChI is InChI=1S/C12H7NO2.Cu/c13-7-8-5-6-11(12(14)15)10-4-2-1-3-9(8)10;/h1-6H,(H,14,15);. The number of hydrogen-bond donors (Lipinski definition) is 1. The Morgan fingerprint density at radius 1 is 1.12 bits per heavy atom. The summed E-state index contributed by atoms with van der Waals surface area (Å²) in [5.74, 6) is -0.976. The van der Waals surface area contributed by atoms with Crippen molar-refractivity contribution in [2.45, 2.75) is 0 Å². The molecule has 0 aliphatic carbocycles. The normalized spacial score (nSPS) is 9.19. The second kappa shape index (κ2) is 4.80. The minimum absolute atomic E-state index is 0. The monoisotopic (exact) mass is 260 g/mol. The Balaban J connectivity index is 0.00000128. The van der Waals surface area contributed by atoms with Gasteiger partial charge in [0.1, 0.15) is 0 Å². The fourth-order valence-electron chi connectivity index (χ4n) is 1.58. The van der Waals surface area contributed by atoms with Gasteiger partial charge in [-0.2, -0.15) is 5.26 Å². The Bertz CT molecular complexity index is 587. The molecule has 2 rings (SSSR count). The van der Waals surface area contributed by atoms with Gasteiger partial charge in [0, 0.05) is 22.5 Å². The zero-order chi connectivity index (χ0) is 10.8. The molecule has 0 heterocycles. The second-order valence-electron chi connectivity index (χ2n) is 3.12. The third-order valence-corrected chi connectivity index (χ3v) is 2.27. The number of nitriles is 1. The van der Waals surface area contributed by atoms with Crippen molar-refractivity contribution in [2.75, 3.05) is 0 Å². The Kier molecular flexibility index (Phi) is 3.68. The Hall–Kier alpha value is -1.82. The van der Waals surface area contributed by atoms with Gasteiger partial charge in [0.15, 0.2) is 0 Å². The predicted molar refractivity (Wildman–Crippen MR) is 55.6 cm³/mol. The summed E-state index contributed by atoms with van der Waals surface area (Å²) in [6.45, 7) is 0. The Morgan fingerprint density at radius 3 is 2.31 bits per heavy atom. The summed E-state index contributed by atoms with van der Waals surface area (Å²) in [6, 6.07) is 12.0. The fraction of sp³-hybridized carbons (Fsp3) is 0. The van der Waals surface area contributed by atoms with E-state index in [1.165, 1.54) is 12.1 Å². The molecule has 0 saturated carbocycles. The molecule has 0 aromatic heterocycles. The van der Waals surface area contributed by atoms with Gasteiger partial charge in [0.2, 0.25) is 0 Å². The number of benzene rings is 2. The van der Waals surface area contributed by atoms with Crippen molar-refractivity contribution in [2.24, 2.45) is 0 Å². The third-order valence-electron chi connectivity index (χ3n) is 2.27. The van der Waals surface area contributed by atoms with Crippen LogP contribution in [0.5, 0.6) is 0 Å². The average Bonchev–Trinajstić information content (AvgIpc) is 2.27. The summed E-state index contributed by atoms with van der Waals surface area (Å²) in [4.78, 5) is 10.9. The van der Waals surface area contributed by atoms with E-state index in [0.29, 0.717) is 16.3 Å². The fourth-order valence-corrected chi connectivity index (χ4v) is 1.58. The average molecular weight is 261 g/mol.